The second-order valence-corrected chi connectivity index (χ2v) is 4.85. The van der Waals surface area contributed by atoms with Crippen molar-refractivity contribution < 1.29 is 4.79 Å². The molecule has 0 aliphatic heterocycles. The van der Waals surface area contributed by atoms with Crippen LogP contribution in [0.2, 0.25) is 0 Å². The number of carbonyl (C=O) groups excluding carboxylic acids is 1. The lowest BCUT2D eigenvalue weighted by Crippen LogP contribution is -2.36. The Morgan fingerprint density at radius 2 is 2.10 bits per heavy atom. The van der Waals surface area contributed by atoms with Gasteiger partial charge < -0.3 is 10.6 Å². The molecule has 3 N–H and O–H groups in total. The Kier molecular flexibility index (Phi) is 4.47. The Morgan fingerprint density at radius 1 is 1.40 bits per heavy atom. The van der Waals surface area contributed by atoms with E-state index in [-0.39, 0.29) is 17.9 Å². The van der Waals surface area contributed by atoms with Gasteiger partial charge in [0.2, 0.25) is 5.91 Å². The first-order valence-electron chi connectivity index (χ1n) is 6.49. The number of benzene rings is 1. The zero-order valence-corrected chi connectivity index (χ0v) is 11.7. The van der Waals surface area contributed by atoms with E-state index in [0.29, 0.717) is 12.4 Å². The number of nitrogens with zero attached hydrogens (tertiary/aromatic N) is 3. The van der Waals surface area contributed by atoms with Gasteiger partial charge in [-0.2, -0.15) is 5.10 Å². The molecule has 6 heteroatoms. The Bertz CT molecular complexity index is 540. The summed E-state index contributed by atoms with van der Waals surface area (Å²) in [5.74, 6) is 0.337. The number of rotatable bonds is 5. The van der Waals surface area contributed by atoms with E-state index in [2.05, 4.69) is 15.2 Å². The van der Waals surface area contributed by atoms with Crippen molar-refractivity contribution in [1.82, 2.24) is 20.1 Å². The number of hydrogen-bond acceptors (Lipinski definition) is 4. The van der Waals surface area contributed by atoms with E-state index < -0.39 is 0 Å². The summed E-state index contributed by atoms with van der Waals surface area (Å²) in [5, 5.41) is 6.50. The molecule has 0 fully saturated rings. The smallest absolute Gasteiger partial charge is 0.227 e. The standard InChI is InChI=1S/C14H19N5O/c1-10(13(15)11-6-4-3-5-7-11)14(20)19(2)8-12-16-9-17-18-12/h3-7,9-10,13H,8,15H2,1-2H3,(H,16,17,18). The molecule has 0 radical (unpaired) electrons. The van der Waals surface area contributed by atoms with Gasteiger partial charge in [0, 0.05) is 13.1 Å². The van der Waals surface area contributed by atoms with Gasteiger partial charge in [-0.25, -0.2) is 4.98 Å². The van der Waals surface area contributed by atoms with Gasteiger partial charge >= 0.3 is 0 Å². The van der Waals surface area contributed by atoms with E-state index in [1.54, 1.807) is 11.9 Å². The minimum Gasteiger partial charge on any atom is -0.338 e. The number of aromatic amines is 1. The molecule has 0 bridgehead atoms. The van der Waals surface area contributed by atoms with Crippen molar-refractivity contribution in [1.29, 1.82) is 0 Å². The van der Waals surface area contributed by atoms with Crippen LogP contribution in [0.3, 0.4) is 0 Å². The zero-order valence-electron chi connectivity index (χ0n) is 11.7. The molecule has 0 saturated heterocycles. The van der Waals surface area contributed by atoms with Gasteiger partial charge in [0.05, 0.1) is 12.5 Å². The monoisotopic (exact) mass is 273 g/mol. The average Bonchev–Trinajstić information content (AvgIpc) is 2.98. The van der Waals surface area contributed by atoms with Crippen LogP contribution in [0.1, 0.15) is 24.4 Å². The van der Waals surface area contributed by atoms with E-state index >= 15 is 0 Å². The second kappa shape index (κ2) is 6.29. The fraction of sp³-hybridized carbons (Fsp3) is 0.357. The van der Waals surface area contributed by atoms with Crippen molar-refractivity contribution in [3.8, 4) is 0 Å². The number of nitrogens with one attached hydrogen (secondary N) is 1. The minimum atomic E-state index is -0.319. The zero-order chi connectivity index (χ0) is 14.5. The van der Waals surface area contributed by atoms with E-state index in [1.165, 1.54) is 6.33 Å². The van der Waals surface area contributed by atoms with Gasteiger partial charge in [0.15, 0.2) is 0 Å². The lowest BCUT2D eigenvalue weighted by Gasteiger charge is -2.24. The highest BCUT2D eigenvalue weighted by atomic mass is 16.2. The van der Waals surface area contributed by atoms with E-state index in [9.17, 15) is 4.79 Å². The lowest BCUT2D eigenvalue weighted by molar-refractivity contribution is -0.135. The van der Waals surface area contributed by atoms with Crippen molar-refractivity contribution in [2.75, 3.05) is 7.05 Å². The first kappa shape index (κ1) is 14.2. The van der Waals surface area contributed by atoms with Crippen LogP contribution in [0, 0.1) is 5.92 Å². The normalized spacial score (nSPS) is 13.8. The first-order chi connectivity index (χ1) is 9.59. The van der Waals surface area contributed by atoms with Crippen LogP contribution >= 0.6 is 0 Å². The summed E-state index contributed by atoms with van der Waals surface area (Å²) in [7, 11) is 1.74. The maximum atomic E-state index is 12.4. The average molecular weight is 273 g/mol. The molecule has 1 aromatic heterocycles. The summed E-state index contributed by atoms with van der Waals surface area (Å²) in [5.41, 5.74) is 7.13. The molecule has 0 saturated carbocycles. The Balaban J connectivity index is 2.01. The molecule has 1 heterocycles. The number of hydrogen-bond donors (Lipinski definition) is 2. The SMILES string of the molecule is CC(C(=O)N(C)Cc1ncn[nH]1)C(N)c1ccccc1. The van der Waals surface area contributed by atoms with E-state index in [0.717, 1.165) is 5.56 Å². The predicted molar refractivity (Wildman–Crippen MR) is 75.4 cm³/mol. The number of carbonyl (C=O) groups is 1. The van der Waals surface area contributed by atoms with Crippen LogP contribution < -0.4 is 5.73 Å². The van der Waals surface area contributed by atoms with E-state index in [1.807, 2.05) is 37.3 Å². The van der Waals surface area contributed by atoms with Crippen LogP contribution in [0.15, 0.2) is 36.7 Å². The van der Waals surface area contributed by atoms with Crippen molar-refractivity contribution >= 4 is 5.91 Å². The molecule has 0 spiro atoms. The fourth-order valence-electron chi connectivity index (χ4n) is 2.07. The maximum Gasteiger partial charge on any atom is 0.227 e. The first-order valence-corrected chi connectivity index (χ1v) is 6.49. The predicted octanol–water partition coefficient (Wildman–Crippen LogP) is 1.10. The quantitative estimate of drug-likeness (QED) is 0.854. The van der Waals surface area contributed by atoms with Crippen LogP contribution in [-0.2, 0) is 11.3 Å². The second-order valence-electron chi connectivity index (χ2n) is 4.85. The molecule has 2 unspecified atom stereocenters. The summed E-state index contributed by atoms with van der Waals surface area (Å²) >= 11 is 0. The highest BCUT2D eigenvalue weighted by Crippen LogP contribution is 2.20. The van der Waals surface area contributed by atoms with Crippen molar-refractivity contribution in [3.05, 3.63) is 48.0 Å². The molecule has 106 valence electrons. The Morgan fingerprint density at radius 3 is 2.70 bits per heavy atom. The topological polar surface area (TPSA) is 87.9 Å². The van der Waals surface area contributed by atoms with Crippen molar-refractivity contribution in [2.45, 2.75) is 19.5 Å². The molecule has 6 nitrogen and oxygen atoms in total. The van der Waals surface area contributed by atoms with Gasteiger partial charge in [0.25, 0.3) is 0 Å². The Hall–Kier alpha value is -2.21. The third kappa shape index (κ3) is 3.21. The number of nitrogens with two attached hydrogens (primary N) is 1. The van der Waals surface area contributed by atoms with Gasteiger partial charge in [0.1, 0.15) is 12.2 Å². The summed E-state index contributed by atoms with van der Waals surface area (Å²) in [6, 6.07) is 9.32. The summed E-state index contributed by atoms with van der Waals surface area (Å²) < 4.78 is 0. The lowest BCUT2D eigenvalue weighted by atomic mass is 9.94. The Labute approximate surface area is 118 Å². The highest BCUT2D eigenvalue weighted by Gasteiger charge is 2.25. The van der Waals surface area contributed by atoms with Crippen LogP contribution in [0.4, 0.5) is 0 Å². The summed E-state index contributed by atoms with van der Waals surface area (Å²) in [6.45, 7) is 2.24. The largest absolute Gasteiger partial charge is 0.338 e. The molecule has 2 aromatic rings. The number of H-pyrrole nitrogens is 1. The molecule has 20 heavy (non-hydrogen) atoms. The molecule has 0 aliphatic carbocycles. The van der Waals surface area contributed by atoms with Gasteiger partial charge in [-0.05, 0) is 5.56 Å². The summed E-state index contributed by atoms with van der Waals surface area (Å²) in [4.78, 5) is 18.0. The van der Waals surface area contributed by atoms with Gasteiger partial charge in [-0.3, -0.25) is 9.89 Å². The fourth-order valence-corrected chi connectivity index (χ4v) is 2.07. The summed E-state index contributed by atoms with van der Waals surface area (Å²) in [6.07, 6.45) is 1.42. The van der Waals surface area contributed by atoms with Gasteiger partial charge in [-0.1, -0.05) is 37.3 Å². The molecular formula is C14H19N5O. The van der Waals surface area contributed by atoms with Crippen LogP contribution in [-0.4, -0.2) is 33.0 Å². The number of amides is 1. The van der Waals surface area contributed by atoms with Crippen molar-refractivity contribution in [2.24, 2.45) is 11.7 Å². The third-order valence-electron chi connectivity index (χ3n) is 3.34. The van der Waals surface area contributed by atoms with Crippen molar-refractivity contribution in [3.63, 3.8) is 0 Å². The van der Waals surface area contributed by atoms with Gasteiger partial charge in [-0.15, -0.1) is 0 Å². The molecule has 0 aliphatic rings. The maximum absolute atomic E-state index is 12.4. The molecule has 2 rings (SSSR count). The molecule has 1 amide bonds. The molecular weight excluding hydrogens is 254 g/mol. The third-order valence-corrected chi connectivity index (χ3v) is 3.34. The van der Waals surface area contributed by atoms with E-state index in [4.69, 9.17) is 5.73 Å². The molecule has 1 aromatic carbocycles. The van der Waals surface area contributed by atoms with Crippen LogP contribution in [0.5, 0.6) is 0 Å². The highest BCUT2D eigenvalue weighted by molar-refractivity contribution is 5.79. The minimum absolute atomic E-state index is 0.0160. The number of aromatic nitrogens is 3. The molecule has 2 atom stereocenters. The van der Waals surface area contributed by atoms with Crippen LogP contribution in [0.25, 0.3) is 0 Å².